The number of nitrogens with one attached hydrogen (secondary N) is 1. The number of fused-ring (bicyclic) bond motifs is 1. The quantitative estimate of drug-likeness (QED) is 0.163. The molecule has 1 aliphatic heterocycles. The summed E-state index contributed by atoms with van der Waals surface area (Å²) in [7, 11) is 0. The maximum atomic E-state index is 13.2. The lowest BCUT2D eigenvalue weighted by Gasteiger charge is -2.26. The largest absolute Gasteiger partial charge is 0.454 e. The highest BCUT2D eigenvalue weighted by atomic mass is 35.5. The number of nitrogens with zero attached hydrogens (tertiary/aromatic N) is 1. The van der Waals surface area contributed by atoms with E-state index >= 15 is 0 Å². The van der Waals surface area contributed by atoms with Crippen molar-refractivity contribution in [2.45, 2.75) is 26.3 Å². The van der Waals surface area contributed by atoms with Gasteiger partial charge in [0.25, 0.3) is 17.7 Å². The highest BCUT2D eigenvalue weighted by Crippen LogP contribution is 2.45. The highest BCUT2D eigenvalue weighted by Gasteiger charge is 2.47. The number of ether oxygens (including phenoxy) is 1. The van der Waals surface area contributed by atoms with Crippen molar-refractivity contribution >= 4 is 99.0 Å². The molecule has 0 bridgehead atoms. The molecule has 0 aromatic heterocycles. The molecule has 2 aromatic rings. The number of imide groups is 1. The molecule has 2 aromatic carbocycles. The van der Waals surface area contributed by atoms with Gasteiger partial charge in [0.05, 0.1) is 41.9 Å². The van der Waals surface area contributed by atoms with E-state index in [1.54, 1.807) is 13.8 Å². The molecule has 0 unspecified atom stereocenters. The number of hydrogen-bond donors (Lipinski definition) is 1. The Balaban J connectivity index is 1.83. The van der Waals surface area contributed by atoms with Crippen LogP contribution in [0.5, 0.6) is 0 Å². The second kappa shape index (κ2) is 11.1. The summed E-state index contributed by atoms with van der Waals surface area (Å²) in [5, 5.41) is 2.13. The molecule has 0 radical (unpaired) electrons. The molecule has 0 saturated carbocycles. The molecule has 0 saturated heterocycles. The third kappa shape index (κ3) is 5.66. The molecule has 35 heavy (non-hydrogen) atoms. The number of hydrogen-bond acceptors (Lipinski definition) is 5. The van der Waals surface area contributed by atoms with Gasteiger partial charge in [0.1, 0.15) is 6.04 Å². The lowest BCUT2D eigenvalue weighted by molar-refractivity contribution is -0.151. The van der Waals surface area contributed by atoms with E-state index in [2.05, 4.69) is 5.32 Å². The summed E-state index contributed by atoms with van der Waals surface area (Å²) in [6.07, 6.45) is 0.0444. The predicted octanol–water partition coefficient (Wildman–Crippen LogP) is 6.80. The lowest BCUT2D eigenvalue weighted by Crippen LogP contribution is -2.47. The summed E-state index contributed by atoms with van der Waals surface area (Å²) in [6.45, 7) is 2.85. The van der Waals surface area contributed by atoms with Gasteiger partial charge in [-0.15, -0.1) is 0 Å². The van der Waals surface area contributed by atoms with Crippen molar-refractivity contribution in [3.63, 3.8) is 0 Å². The predicted molar refractivity (Wildman–Crippen MR) is 136 cm³/mol. The Bertz CT molecular complexity index is 1200. The zero-order valence-electron chi connectivity index (χ0n) is 18.1. The van der Waals surface area contributed by atoms with Crippen LogP contribution in [0.2, 0.25) is 30.1 Å². The van der Waals surface area contributed by atoms with E-state index in [-0.39, 0.29) is 54.3 Å². The smallest absolute Gasteiger partial charge is 0.329 e. The summed E-state index contributed by atoms with van der Waals surface area (Å²) >= 11 is 36.3. The van der Waals surface area contributed by atoms with Gasteiger partial charge in [-0.3, -0.25) is 19.3 Å². The Morgan fingerprint density at radius 1 is 0.914 bits per heavy atom. The highest BCUT2D eigenvalue weighted by molar-refractivity contribution is 6.55. The van der Waals surface area contributed by atoms with Crippen molar-refractivity contribution in [1.29, 1.82) is 0 Å². The first-order valence-corrected chi connectivity index (χ1v) is 12.3. The molecule has 0 fully saturated rings. The third-order valence-corrected chi connectivity index (χ3v) is 7.33. The summed E-state index contributed by atoms with van der Waals surface area (Å²) in [4.78, 5) is 52.3. The van der Waals surface area contributed by atoms with Crippen LogP contribution in [0.3, 0.4) is 0 Å². The Kier molecular flexibility index (Phi) is 8.84. The summed E-state index contributed by atoms with van der Waals surface area (Å²) < 4.78 is 5.13. The van der Waals surface area contributed by atoms with E-state index in [1.807, 2.05) is 0 Å². The van der Waals surface area contributed by atoms with Crippen LogP contribution >= 0.6 is 69.6 Å². The molecule has 1 N–H and O–H groups in total. The topological polar surface area (TPSA) is 92.8 Å². The van der Waals surface area contributed by atoms with Crippen LogP contribution in [-0.2, 0) is 14.3 Å². The monoisotopic (exact) mass is 598 g/mol. The minimum absolute atomic E-state index is 0.0444. The van der Waals surface area contributed by atoms with Crippen molar-refractivity contribution in [2.75, 3.05) is 11.9 Å². The number of esters is 1. The van der Waals surface area contributed by atoms with Gasteiger partial charge < -0.3 is 10.1 Å². The molecule has 1 heterocycles. The number of carbonyl (C=O) groups excluding carboxylic acids is 4. The number of anilines is 1. The molecule has 7 nitrogen and oxygen atoms in total. The Morgan fingerprint density at radius 3 is 1.97 bits per heavy atom. The molecule has 1 atom stereocenters. The van der Waals surface area contributed by atoms with Crippen molar-refractivity contribution in [3.8, 4) is 0 Å². The van der Waals surface area contributed by atoms with Crippen molar-refractivity contribution < 1.29 is 23.9 Å². The van der Waals surface area contributed by atoms with E-state index in [1.165, 1.54) is 18.2 Å². The maximum Gasteiger partial charge on any atom is 0.329 e. The van der Waals surface area contributed by atoms with Gasteiger partial charge in [0.2, 0.25) is 0 Å². The molecule has 3 amide bonds. The van der Waals surface area contributed by atoms with Crippen molar-refractivity contribution in [1.82, 2.24) is 4.90 Å². The molecule has 1 aliphatic rings. The summed E-state index contributed by atoms with van der Waals surface area (Å²) in [5.41, 5.74) is -0.297. The number of carbonyl (C=O) groups is 4. The standard InChI is InChI=1S/C22H16Cl6N2O5/c1-8(2)5-12(22(34)35-7-13(31)29-11-6-9(23)3-4-10(11)24)30-20(32)14-15(21(30)33)17(26)19(28)18(27)16(14)25/h3-4,6,8,12H,5,7H2,1-2H3,(H,29,31)/t12-/m0/s1. The fourth-order valence-electron chi connectivity index (χ4n) is 3.42. The van der Waals surface area contributed by atoms with Crippen molar-refractivity contribution in [2.24, 2.45) is 5.92 Å². The first kappa shape index (κ1) is 27.8. The van der Waals surface area contributed by atoms with E-state index in [0.29, 0.717) is 9.92 Å². The second-order valence-corrected chi connectivity index (χ2v) is 10.3. The molecule has 0 spiro atoms. The van der Waals surface area contributed by atoms with Gasteiger partial charge in [-0.1, -0.05) is 83.5 Å². The Labute approximate surface area is 230 Å². The minimum Gasteiger partial charge on any atom is -0.454 e. The fourth-order valence-corrected chi connectivity index (χ4v) is 4.77. The SMILES string of the molecule is CC(C)C[C@@H](C(=O)OCC(=O)Nc1cc(Cl)ccc1Cl)N1C(=O)c2c(Cl)c(Cl)c(Cl)c(Cl)c2C1=O. The first-order chi connectivity index (χ1) is 16.3. The van der Waals surface area contributed by atoms with Crippen LogP contribution in [0.25, 0.3) is 0 Å². The van der Waals surface area contributed by atoms with Gasteiger partial charge in [-0.05, 0) is 30.5 Å². The average molecular weight is 601 g/mol. The van der Waals surface area contributed by atoms with E-state index in [9.17, 15) is 19.2 Å². The van der Waals surface area contributed by atoms with Crippen LogP contribution < -0.4 is 5.32 Å². The Morgan fingerprint density at radius 2 is 1.46 bits per heavy atom. The minimum atomic E-state index is -1.37. The van der Waals surface area contributed by atoms with Gasteiger partial charge in [0.15, 0.2) is 6.61 Å². The van der Waals surface area contributed by atoms with Gasteiger partial charge >= 0.3 is 5.97 Å². The fraction of sp³-hybridized carbons (Fsp3) is 0.273. The van der Waals surface area contributed by atoms with Crippen LogP contribution in [0.15, 0.2) is 18.2 Å². The molecular weight excluding hydrogens is 585 g/mol. The Hall–Kier alpha value is -1.74. The van der Waals surface area contributed by atoms with E-state index in [4.69, 9.17) is 74.3 Å². The van der Waals surface area contributed by atoms with Gasteiger partial charge in [-0.25, -0.2) is 4.79 Å². The van der Waals surface area contributed by atoms with Crippen molar-refractivity contribution in [3.05, 3.63) is 59.5 Å². The summed E-state index contributed by atoms with van der Waals surface area (Å²) in [6, 6.07) is 3.08. The number of rotatable bonds is 7. The third-order valence-electron chi connectivity index (χ3n) is 4.96. The zero-order valence-corrected chi connectivity index (χ0v) is 22.6. The van der Waals surface area contributed by atoms with E-state index in [0.717, 1.165) is 0 Å². The molecule has 3 rings (SSSR count). The second-order valence-electron chi connectivity index (χ2n) is 7.91. The maximum absolute atomic E-state index is 13.2. The number of amides is 3. The normalized spacial score (nSPS) is 13.8. The van der Waals surface area contributed by atoms with Crippen LogP contribution in [-0.4, -0.2) is 41.2 Å². The number of benzene rings is 2. The van der Waals surface area contributed by atoms with Gasteiger partial charge in [0, 0.05) is 5.02 Å². The molecule has 13 heteroatoms. The molecule has 186 valence electrons. The molecule has 0 aliphatic carbocycles. The number of halogens is 6. The summed E-state index contributed by atoms with van der Waals surface area (Å²) in [5.74, 6) is -3.60. The van der Waals surface area contributed by atoms with Crippen LogP contribution in [0.4, 0.5) is 5.69 Å². The lowest BCUT2D eigenvalue weighted by atomic mass is 10.0. The van der Waals surface area contributed by atoms with Gasteiger partial charge in [-0.2, -0.15) is 0 Å². The first-order valence-electron chi connectivity index (χ1n) is 10.0. The van der Waals surface area contributed by atoms with Crippen LogP contribution in [0.1, 0.15) is 41.0 Å². The van der Waals surface area contributed by atoms with E-state index < -0.39 is 36.3 Å². The molecular formula is C22H16Cl6N2O5. The average Bonchev–Trinajstić information content (AvgIpc) is 3.05. The van der Waals surface area contributed by atoms with Crippen LogP contribution in [0, 0.1) is 5.92 Å². The zero-order chi connectivity index (χ0) is 26.2.